The molecule has 3 heterocycles. The van der Waals surface area contributed by atoms with E-state index in [0.717, 1.165) is 36.1 Å². The average molecular weight is 353 g/mol. The van der Waals surface area contributed by atoms with Gasteiger partial charge in [-0.15, -0.1) is 11.3 Å². The van der Waals surface area contributed by atoms with Crippen LogP contribution in [0, 0.1) is 0 Å². The molecule has 0 bridgehead atoms. The predicted molar refractivity (Wildman–Crippen MR) is 85.1 cm³/mol. The number of nitrogens with zero attached hydrogens (tertiary/aromatic N) is 2. The number of hydrogen-bond acceptors (Lipinski definition) is 2. The normalized spacial score (nSPS) is 18.7. The van der Waals surface area contributed by atoms with E-state index in [4.69, 9.17) is 0 Å². The predicted octanol–water partition coefficient (Wildman–Crippen LogP) is 4.31. The van der Waals surface area contributed by atoms with E-state index in [2.05, 4.69) is 40.4 Å². The van der Waals surface area contributed by atoms with E-state index in [9.17, 15) is 4.79 Å². The Morgan fingerprint density at radius 3 is 3.10 bits per heavy atom. The molecule has 0 radical (unpaired) electrons. The van der Waals surface area contributed by atoms with Crippen LogP contribution in [0.4, 0.5) is 0 Å². The van der Waals surface area contributed by atoms with Crippen molar-refractivity contribution in [1.29, 1.82) is 0 Å². The van der Waals surface area contributed by atoms with Gasteiger partial charge in [0.25, 0.3) is 5.91 Å². The number of carbonyl (C=O) groups is 1. The van der Waals surface area contributed by atoms with Crippen molar-refractivity contribution in [2.75, 3.05) is 6.54 Å². The van der Waals surface area contributed by atoms with E-state index < -0.39 is 0 Å². The third kappa shape index (κ3) is 2.44. The quantitative estimate of drug-likeness (QED) is 0.807. The highest BCUT2D eigenvalue weighted by atomic mass is 79.9. The molecule has 20 heavy (non-hydrogen) atoms. The molecule has 0 spiro atoms. The lowest BCUT2D eigenvalue weighted by Crippen LogP contribution is -2.31. The van der Waals surface area contributed by atoms with E-state index in [1.54, 1.807) is 11.3 Å². The first-order valence-electron chi connectivity index (χ1n) is 6.90. The van der Waals surface area contributed by atoms with Gasteiger partial charge in [-0.25, -0.2) is 0 Å². The minimum atomic E-state index is 0.147. The van der Waals surface area contributed by atoms with Crippen LogP contribution in [0.1, 0.15) is 41.2 Å². The minimum Gasteiger partial charge on any atom is -0.343 e. The van der Waals surface area contributed by atoms with Gasteiger partial charge in [0, 0.05) is 28.6 Å². The van der Waals surface area contributed by atoms with Gasteiger partial charge < -0.3 is 9.47 Å². The lowest BCUT2D eigenvalue weighted by atomic mass is 10.2. The molecule has 1 aliphatic heterocycles. The molecule has 106 valence electrons. The van der Waals surface area contributed by atoms with E-state index in [1.165, 1.54) is 4.88 Å². The third-order valence-electron chi connectivity index (χ3n) is 3.81. The Kier molecular flexibility index (Phi) is 3.98. The van der Waals surface area contributed by atoms with Crippen molar-refractivity contribution >= 4 is 33.2 Å². The summed E-state index contributed by atoms with van der Waals surface area (Å²) >= 11 is 5.21. The van der Waals surface area contributed by atoms with Crippen LogP contribution in [-0.4, -0.2) is 21.9 Å². The third-order valence-corrected chi connectivity index (χ3v) is 5.22. The van der Waals surface area contributed by atoms with E-state index >= 15 is 0 Å². The fourth-order valence-electron chi connectivity index (χ4n) is 2.85. The van der Waals surface area contributed by atoms with E-state index in [0.29, 0.717) is 0 Å². The van der Waals surface area contributed by atoms with Crippen LogP contribution in [0.5, 0.6) is 0 Å². The van der Waals surface area contributed by atoms with Gasteiger partial charge in [0.05, 0.1) is 6.04 Å². The number of halogens is 1. The maximum atomic E-state index is 12.8. The first kappa shape index (κ1) is 13.9. The minimum absolute atomic E-state index is 0.147. The lowest BCUT2D eigenvalue weighted by molar-refractivity contribution is 0.0727. The molecule has 0 aromatic carbocycles. The topological polar surface area (TPSA) is 25.2 Å². The van der Waals surface area contributed by atoms with Gasteiger partial charge in [0.15, 0.2) is 0 Å². The summed E-state index contributed by atoms with van der Waals surface area (Å²) in [7, 11) is 0. The van der Waals surface area contributed by atoms with Crippen LogP contribution in [0.3, 0.4) is 0 Å². The van der Waals surface area contributed by atoms with Gasteiger partial charge in [0.2, 0.25) is 0 Å². The fourth-order valence-corrected chi connectivity index (χ4v) is 4.19. The number of aryl methyl sites for hydroxylation is 1. The van der Waals surface area contributed by atoms with Crippen LogP contribution in [-0.2, 0) is 6.54 Å². The molecule has 1 fully saturated rings. The lowest BCUT2D eigenvalue weighted by Gasteiger charge is -2.24. The summed E-state index contributed by atoms with van der Waals surface area (Å²) in [6, 6.07) is 6.37. The van der Waals surface area contributed by atoms with Crippen LogP contribution in [0.15, 0.2) is 34.2 Å². The molecule has 2 aromatic rings. The standard InChI is InChI=1S/C15H17BrN2OS/c1-2-17-10-11(16)9-13(17)15(19)18-7-3-5-12(18)14-6-4-8-20-14/h4,6,8-10,12H,2-3,5,7H2,1H3. The Hall–Kier alpha value is -1.07. The number of rotatable bonds is 3. The van der Waals surface area contributed by atoms with Gasteiger partial charge in [-0.1, -0.05) is 6.07 Å². The second kappa shape index (κ2) is 5.74. The monoisotopic (exact) mass is 352 g/mol. The maximum Gasteiger partial charge on any atom is 0.271 e. The van der Waals surface area contributed by atoms with Crippen LogP contribution < -0.4 is 0 Å². The molecule has 3 rings (SSSR count). The van der Waals surface area contributed by atoms with Crippen LogP contribution in [0.2, 0.25) is 0 Å². The summed E-state index contributed by atoms with van der Waals surface area (Å²) in [5.41, 5.74) is 0.780. The largest absolute Gasteiger partial charge is 0.343 e. The summed E-state index contributed by atoms with van der Waals surface area (Å²) in [5.74, 6) is 0.147. The second-order valence-electron chi connectivity index (χ2n) is 5.00. The van der Waals surface area contributed by atoms with Crippen molar-refractivity contribution in [2.24, 2.45) is 0 Å². The molecule has 5 heteroatoms. The SMILES string of the molecule is CCn1cc(Br)cc1C(=O)N1CCCC1c1cccs1. The molecule has 2 aromatic heterocycles. The Morgan fingerprint density at radius 2 is 2.40 bits per heavy atom. The van der Waals surface area contributed by atoms with Crippen molar-refractivity contribution in [1.82, 2.24) is 9.47 Å². The summed E-state index contributed by atoms with van der Waals surface area (Å²) in [6.45, 7) is 3.72. The van der Waals surface area contributed by atoms with Gasteiger partial charge in [-0.3, -0.25) is 4.79 Å². The number of aromatic nitrogens is 1. The molecule has 1 atom stereocenters. The molecule has 1 unspecified atom stereocenters. The number of amides is 1. The summed E-state index contributed by atoms with van der Waals surface area (Å²) < 4.78 is 2.98. The molecular formula is C15H17BrN2OS. The van der Waals surface area contributed by atoms with Crippen molar-refractivity contribution in [3.05, 3.63) is 44.8 Å². The van der Waals surface area contributed by atoms with Gasteiger partial charge >= 0.3 is 0 Å². The number of hydrogen-bond donors (Lipinski definition) is 0. The molecule has 0 saturated carbocycles. The molecule has 1 aliphatic rings. The second-order valence-corrected chi connectivity index (χ2v) is 6.90. The molecule has 1 saturated heterocycles. The highest BCUT2D eigenvalue weighted by Crippen LogP contribution is 2.35. The molecular weight excluding hydrogens is 336 g/mol. The summed E-state index contributed by atoms with van der Waals surface area (Å²) in [4.78, 5) is 16.2. The number of thiophene rings is 1. The molecule has 3 nitrogen and oxygen atoms in total. The summed E-state index contributed by atoms with van der Waals surface area (Å²) in [5, 5.41) is 2.08. The molecule has 1 amide bonds. The highest BCUT2D eigenvalue weighted by Gasteiger charge is 2.32. The highest BCUT2D eigenvalue weighted by molar-refractivity contribution is 9.10. The first-order valence-corrected chi connectivity index (χ1v) is 8.58. The smallest absolute Gasteiger partial charge is 0.271 e. The fraction of sp³-hybridized carbons (Fsp3) is 0.400. The van der Waals surface area contributed by atoms with Crippen molar-refractivity contribution < 1.29 is 4.79 Å². The van der Waals surface area contributed by atoms with E-state index in [-0.39, 0.29) is 11.9 Å². The first-order chi connectivity index (χ1) is 9.70. The number of carbonyl (C=O) groups excluding carboxylic acids is 1. The zero-order valence-electron chi connectivity index (χ0n) is 11.4. The Bertz CT molecular complexity index is 605. The van der Waals surface area contributed by atoms with Gasteiger partial charge in [-0.2, -0.15) is 0 Å². The van der Waals surface area contributed by atoms with Crippen LogP contribution in [0.25, 0.3) is 0 Å². The van der Waals surface area contributed by atoms with Gasteiger partial charge in [-0.05, 0) is 53.2 Å². The summed E-state index contributed by atoms with van der Waals surface area (Å²) in [6.07, 6.45) is 4.13. The van der Waals surface area contributed by atoms with Crippen molar-refractivity contribution in [2.45, 2.75) is 32.4 Å². The average Bonchev–Trinajstić information content (AvgIpc) is 3.16. The Balaban J connectivity index is 1.89. The van der Waals surface area contributed by atoms with E-state index in [1.807, 2.05) is 21.7 Å². The Morgan fingerprint density at radius 1 is 1.55 bits per heavy atom. The zero-order valence-corrected chi connectivity index (χ0v) is 13.8. The van der Waals surface area contributed by atoms with Gasteiger partial charge in [0.1, 0.15) is 5.69 Å². The number of likely N-dealkylation sites (tertiary alicyclic amines) is 1. The van der Waals surface area contributed by atoms with Crippen molar-refractivity contribution in [3.8, 4) is 0 Å². The van der Waals surface area contributed by atoms with Crippen molar-refractivity contribution in [3.63, 3.8) is 0 Å². The Labute approximate surface area is 131 Å². The maximum absolute atomic E-state index is 12.8. The molecule has 0 N–H and O–H groups in total. The van der Waals surface area contributed by atoms with Crippen LogP contribution >= 0.6 is 27.3 Å². The zero-order chi connectivity index (χ0) is 14.1. The molecule has 0 aliphatic carbocycles.